The van der Waals surface area contributed by atoms with Crippen molar-refractivity contribution in [3.63, 3.8) is 0 Å². The van der Waals surface area contributed by atoms with Crippen LogP contribution in [0.4, 0.5) is 0 Å². The van der Waals surface area contributed by atoms with E-state index >= 15 is 0 Å². The Balaban J connectivity index is 3.84. The molecule has 0 fully saturated rings. The predicted molar refractivity (Wildman–Crippen MR) is 233 cm³/mol. The summed E-state index contributed by atoms with van der Waals surface area (Å²) in [4.78, 5) is 34.6. The lowest BCUT2D eigenvalue weighted by Crippen LogP contribution is -2.28. The van der Waals surface area contributed by atoms with Gasteiger partial charge in [-0.3, -0.25) is 18.6 Å². The van der Waals surface area contributed by atoms with Crippen LogP contribution in [-0.4, -0.2) is 65.7 Å². The first-order chi connectivity index (χ1) is 27.8. The molecule has 3 atom stereocenters. The monoisotopic (exact) mass is 833 g/mol. The normalized spacial score (nSPS) is 13.8. The second-order valence-corrected chi connectivity index (χ2v) is 17.6. The van der Waals surface area contributed by atoms with Gasteiger partial charge in [0.25, 0.3) is 0 Å². The average molecular weight is 833 g/mol. The van der Waals surface area contributed by atoms with E-state index in [1.54, 1.807) is 0 Å². The smallest absolute Gasteiger partial charge is 0.457 e. The van der Waals surface area contributed by atoms with Gasteiger partial charge in [0.05, 0.1) is 26.4 Å². The Bertz CT molecular complexity index is 961. The van der Waals surface area contributed by atoms with Crippen LogP contribution in [0.5, 0.6) is 0 Å². The number of carbonyl (C=O) groups excluding carboxylic acids is 2. The molecular formula is C46H89O10P. The molecule has 3 unspecified atom stereocenters. The molecule has 0 aromatic carbocycles. The Labute approximate surface area is 349 Å². The van der Waals surface area contributed by atoms with Crippen molar-refractivity contribution in [2.45, 2.75) is 244 Å². The van der Waals surface area contributed by atoms with Crippen LogP contribution in [-0.2, 0) is 32.7 Å². The predicted octanol–water partition coefficient (Wildman–Crippen LogP) is 12.8. The number of phosphoric acid groups is 1. The van der Waals surface area contributed by atoms with Crippen molar-refractivity contribution in [3.8, 4) is 0 Å². The number of phosphoric ester groups is 1. The average Bonchev–Trinajstić information content (AvgIpc) is 3.20. The maximum Gasteiger partial charge on any atom is 0.472 e. The maximum atomic E-state index is 12.4. The molecule has 338 valence electrons. The molecule has 57 heavy (non-hydrogen) atoms. The van der Waals surface area contributed by atoms with Crippen LogP contribution in [0.2, 0.25) is 0 Å². The lowest BCUT2D eigenvalue weighted by atomic mass is 10.0. The fourth-order valence-electron chi connectivity index (χ4n) is 6.82. The molecule has 0 saturated carbocycles. The maximum absolute atomic E-state index is 12.4. The molecule has 10 nitrogen and oxygen atoms in total. The van der Waals surface area contributed by atoms with E-state index in [9.17, 15) is 29.3 Å². The van der Waals surface area contributed by atoms with Gasteiger partial charge >= 0.3 is 19.8 Å². The number of hydrogen-bond donors (Lipinski definition) is 3. The van der Waals surface area contributed by atoms with Gasteiger partial charge in [-0.25, -0.2) is 4.57 Å². The summed E-state index contributed by atoms with van der Waals surface area (Å²) in [6.45, 7) is 2.23. The van der Waals surface area contributed by atoms with Crippen molar-refractivity contribution in [2.75, 3.05) is 26.4 Å². The fourth-order valence-corrected chi connectivity index (χ4v) is 7.60. The molecule has 0 radical (unpaired) electrons. The quantitative estimate of drug-likeness (QED) is 0.0234. The molecular weight excluding hydrogens is 743 g/mol. The SMILES string of the molecule is CCCCCCC/C=C\CCCCCCCC(=O)OC(CO)COP(=O)(O)OCC(CO)OC(=O)CCCCCCCCCCCCCCCCCCCCCC. The van der Waals surface area contributed by atoms with Crippen LogP contribution in [0.3, 0.4) is 0 Å². The highest BCUT2D eigenvalue weighted by Gasteiger charge is 2.27. The summed E-state index contributed by atoms with van der Waals surface area (Å²) in [6.07, 6.45) is 41.9. The van der Waals surface area contributed by atoms with Gasteiger partial charge in [0, 0.05) is 12.8 Å². The summed E-state index contributed by atoms with van der Waals surface area (Å²) in [7, 11) is -4.63. The molecule has 0 heterocycles. The van der Waals surface area contributed by atoms with E-state index < -0.39 is 58.4 Å². The number of rotatable bonds is 45. The number of carbonyl (C=O) groups is 2. The molecule has 0 rings (SSSR count). The van der Waals surface area contributed by atoms with Crippen molar-refractivity contribution in [2.24, 2.45) is 0 Å². The minimum Gasteiger partial charge on any atom is -0.457 e. The zero-order chi connectivity index (χ0) is 41.9. The van der Waals surface area contributed by atoms with Crippen molar-refractivity contribution < 1.29 is 47.8 Å². The molecule has 11 heteroatoms. The number of unbranched alkanes of at least 4 members (excludes halogenated alkanes) is 29. The van der Waals surface area contributed by atoms with Crippen LogP contribution in [0, 0.1) is 0 Å². The number of esters is 2. The molecule has 0 amide bonds. The second-order valence-electron chi connectivity index (χ2n) is 16.1. The second kappa shape index (κ2) is 42.8. The van der Waals surface area contributed by atoms with E-state index in [0.29, 0.717) is 12.8 Å². The van der Waals surface area contributed by atoms with Gasteiger partial charge in [-0.05, 0) is 38.5 Å². The van der Waals surface area contributed by atoms with Gasteiger partial charge < -0.3 is 24.6 Å². The first-order valence-corrected chi connectivity index (χ1v) is 25.1. The Morgan fingerprint density at radius 1 is 0.456 bits per heavy atom. The molecule has 0 aromatic heterocycles. The first kappa shape index (κ1) is 55.7. The highest BCUT2D eigenvalue weighted by molar-refractivity contribution is 7.47. The Morgan fingerprint density at radius 3 is 1.00 bits per heavy atom. The number of allylic oxidation sites excluding steroid dienone is 2. The van der Waals surface area contributed by atoms with Crippen molar-refractivity contribution in [1.82, 2.24) is 0 Å². The molecule has 0 aromatic rings. The summed E-state index contributed by atoms with van der Waals surface area (Å²) >= 11 is 0. The van der Waals surface area contributed by atoms with Crippen molar-refractivity contribution in [1.29, 1.82) is 0 Å². The Kier molecular flexibility index (Phi) is 41.9. The number of aliphatic hydroxyl groups is 2. The number of hydrogen-bond acceptors (Lipinski definition) is 9. The fraction of sp³-hybridized carbons (Fsp3) is 0.913. The lowest BCUT2D eigenvalue weighted by Gasteiger charge is -2.20. The summed E-state index contributed by atoms with van der Waals surface area (Å²) in [5.41, 5.74) is 0. The first-order valence-electron chi connectivity index (χ1n) is 23.6. The van der Waals surface area contributed by atoms with Gasteiger partial charge in [-0.15, -0.1) is 0 Å². The number of aliphatic hydroxyl groups excluding tert-OH is 2. The van der Waals surface area contributed by atoms with Crippen LogP contribution in [0.15, 0.2) is 12.2 Å². The van der Waals surface area contributed by atoms with E-state index in [1.807, 2.05) is 0 Å². The highest BCUT2D eigenvalue weighted by atomic mass is 31.2. The Hall–Kier alpha value is -1.29. The molecule has 0 saturated heterocycles. The summed E-state index contributed by atoms with van der Waals surface area (Å²) in [6, 6.07) is 0. The van der Waals surface area contributed by atoms with Gasteiger partial charge in [-0.1, -0.05) is 193 Å². The van der Waals surface area contributed by atoms with Crippen LogP contribution < -0.4 is 0 Å². The van der Waals surface area contributed by atoms with E-state index in [0.717, 1.165) is 57.8 Å². The van der Waals surface area contributed by atoms with Crippen LogP contribution in [0.25, 0.3) is 0 Å². The molecule has 0 aliphatic rings. The summed E-state index contributed by atoms with van der Waals surface area (Å²) < 4.78 is 32.6. The van der Waals surface area contributed by atoms with E-state index in [-0.39, 0.29) is 12.8 Å². The third-order valence-electron chi connectivity index (χ3n) is 10.5. The minimum absolute atomic E-state index is 0.185. The molecule has 3 N–H and O–H groups in total. The van der Waals surface area contributed by atoms with E-state index in [2.05, 4.69) is 26.0 Å². The number of ether oxygens (including phenoxy) is 2. The van der Waals surface area contributed by atoms with Gasteiger partial charge in [0.2, 0.25) is 0 Å². The molecule has 0 aliphatic carbocycles. The van der Waals surface area contributed by atoms with E-state index in [4.69, 9.17) is 18.5 Å². The Morgan fingerprint density at radius 2 is 0.719 bits per heavy atom. The van der Waals surface area contributed by atoms with Crippen molar-refractivity contribution in [3.05, 3.63) is 12.2 Å². The molecule has 0 bridgehead atoms. The third kappa shape index (κ3) is 41.2. The minimum atomic E-state index is -4.63. The summed E-state index contributed by atoms with van der Waals surface area (Å²) in [5.74, 6) is -1.02. The van der Waals surface area contributed by atoms with Crippen LogP contribution in [0.1, 0.15) is 232 Å². The lowest BCUT2D eigenvalue weighted by molar-refractivity contribution is -0.153. The standard InChI is InChI=1S/C46H89O10P/c1-3-5-7-9-11-13-15-17-19-20-21-22-23-24-26-28-30-32-34-36-38-46(50)56-44(40-48)42-54-57(51,52)53-41-43(39-47)55-45(49)37-35-33-31-29-27-25-18-16-14-12-10-8-6-4-2/h16,18,43-44,47-48H,3-15,17,19-42H2,1-2H3,(H,51,52)/b18-16-. The topological polar surface area (TPSA) is 149 Å². The molecule has 0 aliphatic heterocycles. The van der Waals surface area contributed by atoms with Gasteiger partial charge in [-0.2, -0.15) is 0 Å². The van der Waals surface area contributed by atoms with Gasteiger partial charge in [0.1, 0.15) is 12.2 Å². The zero-order valence-corrected chi connectivity index (χ0v) is 37.7. The molecule has 0 spiro atoms. The third-order valence-corrected chi connectivity index (χ3v) is 11.4. The largest absolute Gasteiger partial charge is 0.472 e. The van der Waals surface area contributed by atoms with Crippen LogP contribution >= 0.6 is 7.82 Å². The van der Waals surface area contributed by atoms with E-state index in [1.165, 1.54) is 135 Å². The summed E-state index contributed by atoms with van der Waals surface area (Å²) in [5, 5.41) is 19.2. The van der Waals surface area contributed by atoms with Gasteiger partial charge in [0.15, 0.2) is 0 Å². The zero-order valence-electron chi connectivity index (χ0n) is 36.8. The highest BCUT2D eigenvalue weighted by Crippen LogP contribution is 2.43. The van der Waals surface area contributed by atoms with Crippen molar-refractivity contribution >= 4 is 19.8 Å².